The van der Waals surface area contributed by atoms with Crippen LogP contribution in [0.15, 0.2) is 12.1 Å². The molecule has 2 rings (SSSR count). The molecule has 0 aromatic carbocycles. The fourth-order valence-corrected chi connectivity index (χ4v) is 2.84. The SMILES string of the molecule is CC(C)NCc1ccc(N2CCS(=O)CC2)nn1. The Morgan fingerprint density at radius 2 is 2.06 bits per heavy atom. The first-order chi connectivity index (χ1) is 8.65. The van der Waals surface area contributed by atoms with Gasteiger partial charge in [-0.2, -0.15) is 5.10 Å². The summed E-state index contributed by atoms with van der Waals surface area (Å²) in [5.74, 6) is 2.36. The average molecular weight is 268 g/mol. The van der Waals surface area contributed by atoms with Crippen molar-refractivity contribution in [2.45, 2.75) is 26.4 Å². The van der Waals surface area contributed by atoms with Crippen molar-refractivity contribution in [1.29, 1.82) is 0 Å². The van der Waals surface area contributed by atoms with Crippen molar-refractivity contribution in [3.63, 3.8) is 0 Å². The number of hydrogen-bond donors (Lipinski definition) is 1. The molecule has 0 unspecified atom stereocenters. The van der Waals surface area contributed by atoms with Gasteiger partial charge in [-0.25, -0.2) is 0 Å². The van der Waals surface area contributed by atoms with Gasteiger partial charge in [0.1, 0.15) is 0 Å². The van der Waals surface area contributed by atoms with Gasteiger partial charge in [0, 0.05) is 48.0 Å². The molecule has 18 heavy (non-hydrogen) atoms. The Morgan fingerprint density at radius 1 is 1.33 bits per heavy atom. The second-order valence-corrected chi connectivity index (χ2v) is 6.45. The molecule has 1 N–H and O–H groups in total. The maximum absolute atomic E-state index is 11.3. The number of hydrogen-bond acceptors (Lipinski definition) is 5. The molecule has 0 spiro atoms. The second kappa shape index (κ2) is 6.24. The van der Waals surface area contributed by atoms with Crippen LogP contribution in [0.3, 0.4) is 0 Å². The fraction of sp³-hybridized carbons (Fsp3) is 0.667. The molecule has 6 heteroatoms. The third-order valence-electron chi connectivity index (χ3n) is 2.90. The zero-order valence-corrected chi connectivity index (χ0v) is 11.7. The van der Waals surface area contributed by atoms with Crippen LogP contribution in [0.4, 0.5) is 5.82 Å². The maximum Gasteiger partial charge on any atom is 0.151 e. The van der Waals surface area contributed by atoms with E-state index in [0.717, 1.165) is 42.7 Å². The molecule has 0 aliphatic carbocycles. The van der Waals surface area contributed by atoms with Crippen LogP contribution in [0.25, 0.3) is 0 Å². The van der Waals surface area contributed by atoms with Gasteiger partial charge < -0.3 is 10.2 Å². The van der Waals surface area contributed by atoms with E-state index in [1.165, 1.54) is 0 Å². The summed E-state index contributed by atoms with van der Waals surface area (Å²) in [6, 6.07) is 4.45. The normalized spacial score (nSPS) is 17.4. The van der Waals surface area contributed by atoms with Crippen LogP contribution in [-0.4, -0.2) is 45.0 Å². The van der Waals surface area contributed by atoms with Crippen LogP contribution in [0, 0.1) is 0 Å². The van der Waals surface area contributed by atoms with Crippen LogP contribution in [-0.2, 0) is 17.3 Å². The Morgan fingerprint density at radius 3 is 2.61 bits per heavy atom. The van der Waals surface area contributed by atoms with Crippen LogP contribution < -0.4 is 10.2 Å². The van der Waals surface area contributed by atoms with E-state index in [2.05, 4.69) is 34.3 Å². The molecule has 1 aromatic heterocycles. The third-order valence-corrected chi connectivity index (χ3v) is 4.17. The molecule has 0 bridgehead atoms. The highest BCUT2D eigenvalue weighted by Crippen LogP contribution is 2.12. The lowest BCUT2D eigenvalue weighted by atomic mass is 10.3. The van der Waals surface area contributed by atoms with Crippen LogP contribution >= 0.6 is 0 Å². The summed E-state index contributed by atoms with van der Waals surface area (Å²) in [7, 11) is -0.647. The summed E-state index contributed by atoms with van der Waals surface area (Å²) in [4.78, 5) is 2.15. The summed E-state index contributed by atoms with van der Waals surface area (Å²) in [6.07, 6.45) is 0. The minimum atomic E-state index is -0.647. The first kappa shape index (κ1) is 13.4. The zero-order chi connectivity index (χ0) is 13.0. The van der Waals surface area contributed by atoms with Crippen molar-refractivity contribution in [3.8, 4) is 0 Å². The predicted octanol–water partition coefficient (Wildman–Crippen LogP) is 0.543. The summed E-state index contributed by atoms with van der Waals surface area (Å²) in [5.41, 5.74) is 0.952. The summed E-state index contributed by atoms with van der Waals surface area (Å²) < 4.78 is 11.3. The van der Waals surface area contributed by atoms with Crippen molar-refractivity contribution in [3.05, 3.63) is 17.8 Å². The topological polar surface area (TPSA) is 58.1 Å². The van der Waals surface area contributed by atoms with Crippen molar-refractivity contribution in [1.82, 2.24) is 15.5 Å². The lowest BCUT2D eigenvalue weighted by Gasteiger charge is -2.26. The van der Waals surface area contributed by atoms with Gasteiger partial charge in [0.15, 0.2) is 5.82 Å². The van der Waals surface area contributed by atoms with Crippen LogP contribution in [0.2, 0.25) is 0 Å². The smallest absolute Gasteiger partial charge is 0.151 e. The summed E-state index contributed by atoms with van der Waals surface area (Å²) in [6.45, 7) is 6.58. The standard InChI is InChI=1S/C12H20N4OS/c1-10(2)13-9-11-3-4-12(15-14-11)16-5-7-18(17)8-6-16/h3-4,10,13H,5-9H2,1-2H3. The molecule has 1 aliphatic rings. The van der Waals surface area contributed by atoms with Crippen molar-refractivity contribution < 1.29 is 4.21 Å². The molecule has 100 valence electrons. The Kier molecular flexibility index (Phi) is 4.66. The third kappa shape index (κ3) is 3.74. The lowest BCUT2D eigenvalue weighted by molar-refractivity contribution is 0.577. The van der Waals surface area contributed by atoms with Crippen molar-refractivity contribution in [2.24, 2.45) is 0 Å². The highest BCUT2D eigenvalue weighted by Gasteiger charge is 2.16. The highest BCUT2D eigenvalue weighted by molar-refractivity contribution is 7.85. The Hall–Kier alpha value is -1.01. The molecule has 1 saturated heterocycles. The molecular weight excluding hydrogens is 248 g/mol. The van der Waals surface area contributed by atoms with E-state index in [0.29, 0.717) is 6.04 Å². The quantitative estimate of drug-likeness (QED) is 0.864. The Labute approximate surface area is 110 Å². The van der Waals surface area contributed by atoms with Gasteiger partial charge in [0.05, 0.1) is 5.69 Å². The first-order valence-corrected chi connectivity index (χ1v) is 7.80. The molecule has 0 saturated carbocycles. The van der Waals surface area contributed by atoms with E-state index < -0.39 is 10.8 Å². The van der Waals surface area contributed by atoms with E-state index in [9.17, 15) is 4.21 Å². The molecule has 5 nitrogen and oxygen atoms in total. The molecule has 0 amide bonds. The Balaban J connectivity index is 1.93. The summed E-state index contributed by atoms with van der Waals surface area (Å²) >= 11 is 0. The zero-order valence-electron chi connectivity index (χ0n) is 10.9. The number of nitrogens with zero attached hydrogens (tertiary/aromatic N) is 3. The highest BCUT2D eigenvalue weighted by atomic mass is 32.2. The lowest BCUT2D eigenvalue weighted by Crippen LogP contribution is -2.38. The number of aromatic nitrogens is 2. The maximum atomic E-state index is 11.3. The van der Waals surface area contributed by atoms with E-state index in [1.807, 2.05) is 12.1 Å². The first-order valence-electron chi connectivity index (χ1n) is 6.31. The molecule has 0 atom stereocenters. The second-order valence-electron chi connectivity index (χ2n) is 4.75. The van der Waals surface area contributed by atoms with Gasteiger partial charge in [0.25, 0.3) is 0 Å². The van der Waals surface area contributed by atoms with Crippen molar-refractivity contribution in [2.75, 3.05) is 29.5 Å². The molecule has 0 radical (unpaired) electrons. The molecule has 1 aromatic rings. The van der Waals surface area contributed by atoms with Gasteiger partial charge in [-0.15, -0.1) is 5.10 Å². The van der Waals surface area contributed by atoms with Gasteiger partial charge in [0.2, 0.25) is 0 Å². The average Bonchev–Trinajstić information content (AvgIpc) is 2.38. The minimum absolute atomic E-state index is 0.448. The van der Waals surface area contributed by atoms with Gasteiger partial charge in [-0.1, -0.05) is 13.8 Å². The van der Waals surface area contributed by atoms with E-state index in [4.69, 9.17) is 0 Å². The minimum Gasteiger partial charge on any atom is -0.353 e. The van der Waals surface area contributed by atoms with Gasteiger partial charge in [-0.3, -0.25) is 4.21 Å². The Bertz CT molecular complexity index is 397. The number of anilines is 1. The predicted molar refractivity (Wildman–Crippen MR) is 74.1 cm³/mol. The molecule has 1 aliphatic heterocycles. The van der Waals surface area contributed by atoms with Gasteiger partial charge in [-0.05, 0) is 12.1 Å². The molecule has 2 heterocycles. The van der Waals surface area contributed by atoms with E-state index in [-0.39, 0.29) is 0 Å². The number of rotatable bonds is 4. The molecular formula is C12H20N4OS. The van der Waals surface area contributed by atoms with E-state index >= 15 is 0 Å². The van der Waals surface area contributed by atoms with Crippen LogP contribution in [0.5, 0.6) is 0 Å². The van der Waals surface area contributed by atoms with E-state index in [1.54, 1.807) is 0 Å². The largest absolute Gasteiger partial charge is 0.353 e. The number of nitrogens with one attached hydrogen (secondary N) is 1. The fourth-order valence-electron chi connectivity index (χ4n) is 1.79. The monoisotopic (exact) mass is 268 g/mol. The summed E-state index contributed by atoms with van der Waals surface area (Å²) in [5, 5.41) is 11.8. The molecule has 1 fully saturated rings. The van der Waals surface area contributed by atoms with Crippen LogP contribution in [0.1, 0.15) is 19.5 Å². The van der Waals surface area contributed by atoms with Gasteiger partial charge >= 0.3 is 0 Å². The van der Waals surface area contributed by atoms with Crippen molar-refractivity contribution >= 4 is 16.6 Å².